The van der Waals surface area contributed by atoms with Gasteiger partial charge in [0.2, 0.25) is 5.89 Å². The number of oxazole rings is 1. The van der Waals surface area contributed by atoms with Gasteiger partial charge in [-0.3, -0.25) is 9.69 Å². The quantitative estimate of drug-likeness (QED) is 0.420. The van der Waals surface area contributed by atoms with Crippen LogP contribution in [0.1, 0.15) is 22.7 Å². The number of H-pyrrole nitrogens is 1. The number of aromatic amines is 1. The SMILES string of the molecule is COCCN1CCc2nc(SCc3nc(-c4ccccc4OC)oc3C)[nH]c(=O)c2C1. The molecular formula is C22H26N4O4S. The van der Waals surface area contributed by atoms with Crippen LogP contribution in [0.25, 0.3) is 11.5 Å². The molecule has 31 heavy (non-hydrogen) atoms. The lowest BCUT2D eigenvalue weighted by Gasteiger charge is -2.27. The Morgan fingerprint density at radius 2 is 2.10 bits per heavy atom. The molecule has 0 amide bonds. The normalized spacial score (nSPS) is 13.9. The molecular weight excluding hydrogens is 416 g/mol. The van der Waals surface area contributed by atoms with Crippen LogP contribution in [0.15, 0.2) is 38.6 Å². The minimum absolute atomic E-state index is 0.0683. The van der Waals surface area contributed by atoms with E-state index in [0.29, 0.717) is 35.7 Å². The number of hydrogen-bond donors (Lipinski definition) is 1. The molecule has 0 saturated heterocycles. The molecule has 1 aromatic carbocycles. The second-order valence-electron chi connectivity index (χ2n) is 7.33. The van der Waals surface area contributed by atoms with Crippen molar-refractivity contribution in [3.63, 3.8) is 0 Å². The van der Waals surface area contributed by atoms with Crippen molar-refractivity contribution in [3.05, 3.63) is 57.3 Å². The van der Waals surface area contributed by atoms with Gasteiger partial charge in [0.15, 0.2) is 5.16 Å². The number of nitrogens with one attached hydrogen (secondary N) is 1. The van der Waals surface area contributed by atoms with Crippen molar-refractivity contribution in [1.82, 2.24) is 19.9 Å². The molecule has 4 rings (SSSR count). The van der Waals surface area contributed by atoms with E-state index in [4.69, 9.17) is 18.9 Å². The molecule has 2 aromatic heterocycles. The van der Waals surface area contributed by atoms with Gasteiger partial charge in [0.05, 0.1) is 36.2 Å². The highest BCUT2D eigenvalue weighted by Gasteiger charge is 2.21. The highest BCUT2D eigenvalue weighted by molar-refractivity contribution is 7.98. The Morgan fingerprint density at radius 3 is 2.90 bits per heavy atom. The van der Waals surface area contributed by atoms with Gasteiger partial charge in [-0.05, 0) is 19.1 Å². The fraction of sp³-hybridized carbons (Fsp3) is 0.409. The largest absolute Gasteiger partial charge is 0.496 e. The molecule has 0 unspecified atom stereocenters. The van der Waals surface area contributed by atoms with Gasteiger partial charge in [0.25, 0.3) is 5.56 Å². The lowest BCUT2D eigenvalue weighted by atomic mass is 10.1. The summed E-state index contributed by atoms with van der Waals surface area (Å²) in [6, 6.07) is 7.62. The minimum Gasteiger partial charge on any atom is -0.496 e. The third-order valence-corrected chi connectivity index (χ3v) is 6.20. The van der Waals surface area contributed by atoms with Crippen LogP contribution < -0.4 is 10.3 Å². The molecule has 0 atom stereocenters. The number of aromatic nitrogens is 3. The van der Waals surface area contributed by atoms with E-state index in [9.17, 15) is 4.79 Å². The zero-order valence-electron chi connectivity index (χ0n) is 17.9. The van der Waals surface area contributed by atoms with Gasteiger partial charge in [0, 0.05) is 38.9 Å². The zero-order valence-corrected chi connectivity index (χ0v) is 18.8. The van der Waals surface area contributed by atoms with Crippen molar-refractivity contribution < 1.29 is 13.9 Å². The maximum Gasteiger partial charge on any atom is 0.256 e. The van der Waals surface area contributed by atoms with Gasteiger partial charge in [-0.15, -0.1) is 0 Å². The number of nitrogens with zero attached hydrogens (tertiary/aromatic N) is 3. The number of benzene rings is 1. The summed E-state index contributed by atoms with van der Waals surface area (Å²) in [5.41, 5.74) is 3.19. The first kappa shape index (κ1) is 21.6. The number of rotatable bonds is 8. The van der Waals surface area contributed by atoms with Crippen LogP contribution in [0.2, 0.25) is 0 Å². The maximum absolute atomic E-state index is 12.6. The van der Waals surface area contributed by atoms with Gasteiger partial charge >= 0.3 is 0 Å². The maximum atomic E-state index is 12.6. The third kappa shape index (κ3) is 4.84. The lowest BCUT2D eigenvalue weighted by Crippen LogP contribution is -2.37. The fourth-order valence-corrected chi connectivity index (χ4v) is 4.45. The molecule has 3 aromatic rings. The molecule has 0 saturated carbocycles. The predicted molar refractivity (Wildman–Crippen MR) is 119 cm³/mol. The molecule has 0 bridgehead atoms. The summed E-state index contributed by atoms with van der Waals surface area (Å²) in [6.07, 6.45) is 0.761. The highest BCUT2D eigenvalue weighted by Crippen LogP contribution is 2.31. The van der Waals surface area contributed by atoms with E-state index >= 15 is 0 Å². The van der Waals surface area contributed by atoms with E-state index in [1.165, 1.54) is 11.8 Å². The molecule has 8 nitrogen and oxygen atoms in total. The van der Waals surface area contributed by atoms with Crippen molar-refractivity contribution in [2.24, 2.45) is 0 Å². The summed E-state index contributed by atoms with van der Waals surface area (Å²) in [5, 5.41) is 0.607. The standard InChI is InChI=1S/C22H26N4O4S/c1-14-18(23-21(30-14)15-6-4-5-7-19(15)29-3)13-31-22-24-17-8-9-26(10-11-28-2)12-16(17)20(27)25-22/h4-7H,8-13H2,1-3H3,(H,24,25,27). The smallest absolute Gasteiger partial charge is 0.256 e. The first-order chi connectivity index (χ1) is 15.1. The summed E-state index contributed by atoms with van der Waals surface area (Å²) >= 11 is 1.45. The Kier molecular flexibility index (Phi) is 6.74. The molecule has 1 aliphatic heterocycles. The Bertz CT molecular complexity index is 1110. The van der Waals surface area contributed by atoms with E-state index < -0.39 is 0 Å². The summed E-state index contributed by atoms with van der Waals surface area (Å²) in [4.78, 5) is 27.1. The number of fused-ring (bicyclic) bond motifs is 1. The molecule has 164 valence electrons. The summed E-state index contributed by atoms with van der Waals surface area (Å²) < 4.78 is 16.4. The summed E-state index contributed by atoms with van der Waals surface area (Å²) in [6.45, 7) is 4.84. The van der Waals surface area contributed by atoms with Crippen molar-refractivity contribution in [3.8, 4) is 17.2 Å². The number of aryl methyl sites for hydroxylation is 1. The Labute approximate surface area is 185 Å². The van der Waals surface area contributed by atoms with Crippen molar-refractivity contribution in [1.29, 1.82) is 0 Å². The Morgan fingerprint density at radius 1 is 1.26 bits per heavy atom. The fourth-order valence-electron chi connectivity index (χ4n) is 3.57. The van der Waals surface area contributed by atoms with Crippen LogP contribution in [-0.2, 0) is 23.5 Å². The van der Waals surface area contributed by atoms with E-state index in [1.54, 1.807) is 14.2 Å². The van der Waals surface area contributed by atoms with E-state index in [0.717, 1.165) is 47.8 Å². The van der Waals surface area contributed by atoms with Crippen molar-refractivity contribution in [2.45, 2.75) is 30.8 Å². The first-order valence-electron chi connectivity index (χ1n) is 10.1. The molecule has 0 fully saturated rings. The van der Waals surface area contributed by atoms with Crippen LogP contribution >= 0.6 is 11.8 Å². The summed E-state index contributed by atoms with van der Waals surface area (Å²) in [5.74, 6) is 2.52. The van der Waals surface area contributed by atoms with Gasteiger partial charge < -0.3 is 18.9 Å². The minimum atomic E-state index is -0.0683. The number of para-hydroxylation sites is 1. The molecule has 3 heterocycles. The number of methoxy groups -OCH3 is 2. The van der Waals surface area contributed by atoms with Crippen LogP contribution in [0.5, 0.6) is 5.75 Å². The van der Waals surface area contributed by atoms with Crippen LogP contribution in [0.3, 0.4) is 0 Å². The monoisotopic (exact) mass is 442 g/mol. The number of thioether (sulfide) groups is 1. The zero-order chi connectivity index (χ0) is 21.8. The van der Waals surface area contributed by atoms with Crippen LogP contribution in [0, 0.1) is 6.92 Å². The lowest BCUT2D eigenvalue weighted by molar-refractivity contribution is 0.139. The van der Waals surface area contributed by atoms with Gasteiger partial charge in [-0.2, -0.15) is 0 Å². The van der Waals surface area contributed by atoms with Crippen molar-refractivity contribution >= 4 is 11.8 Å². The van der Waals surface area contributed by atoms with Crippen LogP contribution in [-0.4, -0.2) is 53.8 Å². The Hall–Kier alpha value is -2.62. The van der Waals surface area contributed by atoms with E-state index in [1.807, 2.05) is 31.2 Å². The number of hydrogen-bond acceptors (Lipinski definition) is 8. The topological polar surface area (TPSA) is 93.5 Å². The second kappa shape index (κ2) is 9.67. The van der Waals surface area contributed by atoms with Crippen molar-refractivity contribution in [2.75, 3.05) is 33.9 Å². The van der Waals surface area contributed by atoms with Crippen LogP contribution in [0.4, 0.5) is 0 Å². The molecule has 0 spiro atoms. The van der Waals surface area contributed by atoms with Gasteiger partial charge in [0.1, 0.15) is 11.5 Å². The first-order valence-corrected chi connectivity index (χ1v) is 11.1. The van der Waals surface area contributed by atoms with E-state index in [-0.39, 0.29) is 5.56 Å². The molecule has 9 heteroatoms. The molecule has 0 radical (unpaired) electrons. The Balaban J connectivity index is 1.48. The van der Waals surface area contributed by atoms with Gasteiger partial charge in [-0.1, -0.05) is 23.9 Å². The average molecular weight is 443 g/mol. The molecule has 0 aliphatic carbocycles. The molecule has 1 aliphatic rings. The third-order valence-electron chi connectivity index (χ3n) is 5.31. The predicted octanol–water partition coefficient (Wildman–Crippen LogP) is 3.04. The van der Waals surface area contributed by atoms with Gasteiger partial charge in [-0.25, -0.2) is 9.97 Å². The molecule has 1 N–H and O–H groups in total. The number of ether oxygens (including phenoxy) is 2. The highest BCUT2D eigenvalue weighted by atomic mass is 32.2. The van der Waals surface area contributed by atoms with E-state index in [2.05, 4.69) is 14.9 Å². The average Bonchev–Trinajstić information content (AvgIpc) is 3.16. The summed E-state index contributed by atoms with van der Waals surface area (Å²) in [7, 11) is 3.31. The second-order valence-corrected chi connectivity index (χ2v) is 8.29.